The van der Waals surface area contributed by atoms with Crippen molar-refractivity contribution < 1.29 is 4.52 Å². The van der Waals surface area contributed by atoms with Crippen LogP contribution in [0.3, 0.4) is 0 Å². The number of rotatable bonds is 4. The second-order valence-corrected chi connectivity index (χ2v) is 4.75. The number of nitrogens with one attached hydrogen (secondary N) is 1. The van der Waals surface area contributed by atoms with Crippen LogP contribution in [0.2, 0.25) is 0 Å². The van der Waals surface area contributed by atoms with E-state index in [0.29, 0.717) is 17.9 Å². The van der Waals surface area contributed by atoms with Gasteiger partial charge in [0.1, 0.15) is 0 Å². The van der Waals surface area contributed by atoms with Crippen molar-refractivity contribution >= 4 is 0 Å². The van der Waals surface area contributed by atoms with E-state index in [-0.39, 0.29) is 0 Å². The molecule has 1 aliphatic carbocycles. The highest BCUT2D eigenvalue weighted by Gasteiger charge is 2.44. The molecule has 1 saturated carbocycles. The fourth-order valence-electron chi connectivity index (χ4n) is 1.70. The summed E-state index contributed by atoms with van der Waals surface area (Å²) < 4.78 is 4.88. The summed E-state index contributed by atoms with van der Waals surface area (Å²) in [7, 11) is 0. The van der Waals surface area contributed by atoms with Gasteiger partial charge in [-0.25, -0.2) is 0 Å². The lowest BCUT2D eigenvalue weighted by Crippen LogP contribution is -2.18. The van der Waals surface area contributed by atoms with Gasteiger partial charge in [-0.05, 0) is 24.3 Å². The Morgan fingerprint density at radius 2 is 2.29 bits per heavy atom. The molecule has 0 saturated heterocycles. The number of aromatic nitrogens is 2. The van der Waals surface area contributed by atoms with Gasteiger partial charge in [-0.1, -0.05) is 19.0 Å². The van der Waals surface area contributed by atoms with Gasteiger partial charge in [-0.2, -0.15) is 4.98 Å². The molecular formula is C10H17N3O. The fourth-order valence-corrected chi connectivity index (χ4v) is 1.70. The van der Waals surface area contributed by atoms with Gasteiger partial charge in [0.05, 0.1) is 6.54 Å². The summed E-state index contributed by atoms with van der Waals surface area (Å²) in [6, 6.07) is 0. The van der Waals surface area contributed by atoms with Gasteiger partial charge in [0.25, 0.3) is 0 Å². The van der Waals surface area contributed by atoms with Crippen LogP contribution in [0.15, 0.2) is 4.52 Å². The Bertz CT molecular complexity index is 319. The lowest BCUT2D eigenvalue weighted by molar-refractivity contribution is 0.384. The van der Waals surface area contributed by atoms with Gasteiger partial charge in [-0.3, -0.25) is 0 Å². The maximum absolute atomic E-state index is 4.88. The highest BCUT2D eigenvalue weighted by Crippen LogP contribution is 2.50. The first-order valence-corrected chi connectivity index (χ1v) is 5.08. The molecule has 2 rings (SSSR count). The molecule has 0 bridgehead atoms. The summed E-state index contributed by atoms with van der Waals surface area (Å²) >= 11 is 0. The van der Waals surface area contributed by atoms with E-state index in [1.165, 1.54) is 6.42 Å². The van der Waals surface area contributed by atoms with Crippen molar-refractivity contribution in [3.63, 3.8) is 0 Å². The zero-order valence-electron chi connectivity index (χ0n) is 9.00. The van der Waals surface area contributed by atoms with Gasteiger partial charge in [0.2, 0.25) is 5.89 Å². The zero-order valence-corrected chi connectivity index (χ0v) is 9.00. The zero-order chi connectivity index (χ0) is 10.2. The Hall–Kier alpha value is -0.900. The summed E-state index contributed by atoms with van der Waals surface area (Å²) in [5.74, 6) is 2.20. The van der Waals surface area contributed by atoms with Gasteiger partial charge in [0, 0.05) is 6.92 Å². The molecule has 1 heterocycles. The summed E-state index contributed by atoms with van der Waals surface area (Å²) in [6.07, 6.45) is 1.32. The van der Waals surface area contributed by atoms with E-state index in [4.69, 9.17) is 4.52 Å². The predicted molar refractivity (Wildman–Crippen MR) is 52.6 cm³/mol. The molecule has 0 aliphatic heterocycles. The monoisotopic (exact) mass is 195 g/mol. The molecule has 1 unspecified atom stereocenters. The van der Waals surface area contributed by atoms with E-state index in [1.54, 1.807) is 6.92 Å². The molecule has 1 aromatic rings. The molecule has 1 fully saturated rings. The van der Waals surface area contributed by atoms with Crippen molar-refractivity contribution in [2.75, 3.05) is 6.54 Å². The summed E-state index contributed by atoms with van der Waals surface area (Å²) in [6.45, 7) is 8.18. The molecule has 0 radical (unpaired) electrons. The third-order valence-electron chi connectivity index (χ3n) is 2.96. The first kappa shape index (κ1) is 9.65. The standard InChI is InChI=1S/C10H17N3O/c1-7-12-9(13-14-7)6-11-5-8-4-10(8,2)3/h8,11H,4-6H2,1-3H3. The number of nitrogens with zero attached hydrogens (tertiary/aromatic N) is 2. The van der Waals surface area contributed by atoms with E-state index < -0.39 is 0 Å². The van der Waals surface area contributed by atoms with Gasteiger partial charge in [-0.15, -0.1) is 0 Å². The largest absolute Gasteiger partial charge is 0.340 e. The average Bonchev–Trinajstić information content (AvgIpc) is 2.53. The molecule has 1 aromatic heterocycles. The van der Waals surface area contributed by atoms with Crippen molar-refractivity contribution in [2.24, 2.45) is 11.3 Å². The Labute approximate surface area is 84.1 Å². The van der Waals surface area contributed by atoms with E-state index in [9.17, 15) is 0 Å². The van der Waals surface area contributed by atoms with E-state index in [1.807, 2.05) is 0 Å². The second kappa shape index (κ2) is 3.35. The number of aryl methyl sites for hydroxylation is 1. The summed E-state index contributed by atoms with van der Waals surface area (Å²) in [5, 5.41) is 7.17. The minimum Gasteiger partial charge on any atom is -0.340 e. The average molecular weight is 195 g/mol. The van der Waals surface area contributed by atoms with Gasteiger partial charge >= 0.3 is 0 Å². The third kappa shape index (κ3) is 2.12. The van der Waals surface area contributed by atoms with E-state index >= 15 is 0 Å². The fraction of sp³-hybridized carbons (Fsp3) is 0.800. The van der Waals surface area contributed by atoms with E-state index in [2.05, 4.69) is 29.3 Å². The molecule has 4 nitrogen and oxygen atoms in total. The Kier molecular flexibility index (Phi) is 2.31. The molecule has 4 heteroatoms. The van der Waals surface area contributed by atoms with Gasteiger partial charge in [0.15, 0.2) is 5.82 Å². The molecule has 1 N–H and O–H groups in total. The normalized spacial score (nSPS) is 23.8. The first-order valence-electron chi connectivity index (χ1n) is 5.08. The summed E-state index contributed by atoms with van der Waals surface area (Å²) in [5.41, 5.74) is 0.542. The molecule has 14 heavy (non-hydrogen) atoms. The maximum atomic E-state index is 4.88. The van der Waals surface area contributed by atoms with Gasteiger partial charge < -0.3 is 9.84 Å². The summed E-state index contributed by atoms with van der Waals surface area (Å²) in [4.78, 5) is 4.12. The SMILES string of the molecule is Cc1nc(CNCC2CC2(C)C)no1. The van der Waals surface area contributed by atoms with Crippen LogP contribution >= 0.6 is 0 Å². The molecular weight excluding hydrogens is 178 g/mol. The number of hydrogen-bond donors (Lipinski definition) is 1. The minimum atomic E-state index is 0.542. The Morgan fingerprint density at radius 1 is 1.57 bits per heavy atom. The molecule has 1 atom stereocenters. The predicted octanol–water partition coefficient (Wildman–Crippen LogP) is 1.51. The van der Waals surface area contributed by atoms with Crippen LogP contribution in [0.25, 0.3) is 0 Å². The molecule has 0 aromatic carbocycles. The Morgan fingerprint density at radius 3 is 2.79 bits per heavy atom. The maximum Gasteiger partial charge on any atom is 0.223 e. The molecule has 0 amide bonds. The number of hydrogen-bond acceptors (Lipinski definition) is 4. The third-order valence-corrected chi connectivity index (χ3v) is 2.96. The molecule has 78 valence electrons. The van der Waals surface area contributed by atoms with Crippen LogP contribution in [0.4, 0.5) is 0 Å². The quantitative estimate of drug-likeness (QED) is 0.791. The molecule has 0 spiro atoms. The van der Waals surface area contributed by atoms with Crippen LogP contribution in [0.1, 0.15) is 32.0 Å². The Balaban J connectivity index is 1.69. The van der Waals surface area contributed by atoms with Crippen LogP contribution in [-0.4, -0.2) is 16.7 Å². The lowest BCUT2D eigenvalue weighted by Gasteiger charge is -2.03. The topological polar surface area (TPSA) is 51.0 Å². The van der Waals surface area contributed by atoms with E-state index in [0.717, 1.165) is 18.3 Å². The minimum absolute atomic E-state index is 0.542. The van der Waals surface area contributed by atoms with Crippen molar-refractivity contribution in [1.82, 2.24) is 15.5 Å². The van der Waals surface area contributed by atoms with Crippen LogP contribution in [-0.2, 0) is 6.54 Å². The lowest BCUT2D eigenvalue weighted by atomic mass is 10.1. The van der Waals surface area contributed by atoms with Crippen LogP contribution in [0.5, 0.6) is 0 Å². The van der Waals surface area contributed by atoms with Crippen molar-refractivity contribution in [3.8, 4) is 0 Å². The smallest absolute Gasteiger partial charge is 0.223 e. The highest BCUT2D eigenvalue weighted by atomic mass is 16.5. The molecule has 1 aliphatic rings. The first-order chi connectivity index (χ1) is 6.58. The van der Waals surface area contributed by atoms with Crippen molar-refractivity contribution in [1.29, 1.82) is 0 Å². The second-order valence-electron chi connectivity index (χ2n) is 4.75. The van der Waals surface area contributed by atoms with Crippen LogP contribution < -0.4 is 5.32 Å². The highest BCUT2D eigenvalue weighted by molar-refractivity contribution is 4.96. The van der Waals surface area contributed by atoms with Crippen molar-refractivity contribution in [3.05, 3.63) is 11.7 Å². The van der Waals surface area contributed by atoms with Crippen molar-refractivity contribution in [2.45, 2.75) is 33.7 Å². The van der Waals surface area contributed by atoms with Crippen LogP contribution in [0, 0.1) is 18.3 Å².